The number of halogens is 3. The van der Waals surface area contributed by atoms with Crippen LogP contribution in [0.15, 0.2) is 29.4 Å². The van der Waals surface area contributed by atoms with Gasteiger partial charge in [-0.25, -0.2) is 31.4 Å². The van der Waals surface area contributed by atoms with Gasteiger partial charge in [0, 0.05) is 19.1 Å². The Bertz CT molecular complexity index is 1250. The highest BCUT2D eigenvalue weighted by atomic mass is 32.2. The molecule has 2 aromatic rings. The van der Waals surface area contributed by atoms with Crippen LogP contribution >= 0.6 is 0 Å². The summed E-state index contributed by atoms with van der Waals surface area (Å²) in [6.45, 7) is -1.86. The van der Waals surface area contributed by atoms with E-state index in [-0.39, 0.29) is 41.2 Å². The molecule has 3 heterocycles. The molecular weight excluding hydrogens is 533 g/mol. The molecular formula is C23H27F3N4O7S. The minimum Gasteiger partial charge on any atom is -0.489 e. The number of amides is 1. The molecule has 1 aromatic carbocycles. The Morgan fingerprint density at radius 1 is 1.21 bits per heavy atom. The predicted octanol–water partition coefficient (Wildman–Crippen LogP) is 2.83. The maximum absolute atomic E-state index is 14.6. The lowest BCUT2D eigenvalue weighted by molar-refractivity contribution is -0.0966. The van der Waals surface area contributed by atoms with E-state index >= 15 is 0 Å². The molecule has 208 valence electrons. The van der Waals surface area contributed by atoms with Gasteiger partial charge in [-0.2, -0.15) is 4.98 Å². The van der Waals surface area contributed by atoms with Crippen LogP contribution in [0, 0.1) is 5.82 Å². The fourth-order valence-corrected chi connectivity index (χ4v) is 5.03. The highest BCUT2D eigenvalue weighted by molar-refractivity contribution is 7.90. The second-order valence-corrected chi connectivity index (χ2v) is 10.9. The van der Waals surface area contributed by atoms with Gasteiger partial charge in [0.15, 0.2) is 21.8 Å². The molecule has 0 spiro atoms. The highest BCUT2D eigenvalue weighted by Gasteiger charge is 2.44. The van der Waals surface area contributed by atoms with Crippen LogP contribution in [0.1, 0.15) is 12.8 Å². The number of anilines is 2. The first-order valence-electron chi connectivity index (χ1n) is 11.7. The van der Waals surface area contributed by atoms with Crippen LogP contribution in [0.4, 0.5) is 29.5 Å². The lowest BCUT2D eigenvalue weighted by atomic mass is 9.92. The molecule has 2 saturated heterocycles. The van der Waals surface area contributed by atoms with Gasteiger partial charge in [-0.3, -0.25) is 4.90 Å². The van der Waals surface area contributed by atoms with E-state index in [2.05, 4.69) is 15.3 Å². The zero-order valence-electron chi connectivity index (χ0n) is 20.6. The van der Waals surface area contributed by atoms with Gasteiger partial charge < -0.3 is 24.3 Å². The summed E-state index contributed by atoms with van der Waals surface area (Å²) in [4.78, 5) is 22.1. The molecule has 4 rings (SSSR count). The number of methoxy groups -OCH3 is 1. The molecule has 0 radical (unpaired) electrons. The number of benzene rings is 1. The second-order valence-electron chi connectivity index (χ2n) is 8.88. The van der Waals surface area contributed by atoms with E-state index < -0.39 is 59.4 Å². The van der Waals surface area contributed by atoms with Crippen molar-refractivity contribution in [3.8, 4) is 11.6 Å². The summed E-state index contributed by atoms with van der Waals surface area (Å²) >= 11 is 0. The Kier molecular flexibility index (Phi) is 8.45. The first-order valence-corrected chi connectivity index (χ1v) is 13.5. The molecule has 1 amide bonds. The average molecular weight is 561 g/mol. The summed E-state index contributed by atoms with van der Waals surface area (Å²) in [6.07, 6.45) is 0.105. The Balaban J connectivity index is 1.49. The minimum atomic E-state index is -3.59. The molecule has 2 bridgehead atoms. The van der Waals surface area contributed by atoms with Gasteiger partial charge in [0.2, 0.25) is 5.75 Å². The van der Waals surface area contributed by atoms with Crippen molar-refractivity contribution in [2.45, 2.75) is 42.0 Å². The van der Waals surface area contributed by atoms with Crippen LogP contribution in [-0.4, -0.2) is 93.6 Å². The van der Waals surface area contributed by atoms with Gasteiger partial charge in [-0.05, 0) is 18.2 Å². The van der Waals surface area contributed by atoms with Gasteiger partial charge in [0.1, 0.15) is 31.6 Å². The van der Waals surface area contributed by atoms with Crippen molar-refractivity contribution in [1.29, 1.82) is 0 Å². The largest absolute Gasteiger partial charge is 0.489 e. The topological polar surface area (TPSA) is 129 Å². The lowest BCUT2D eigenvalue weighted by Crippen LogP contribution is -2.61. The van der Waals surface area contributed by atoms with Gasteiger partial charge in [0.05, 0.1) is 43.0 Å². The minimum absolute atomic E-state index is 0.0429. The number of hydrogen-bond acceptors (Lipinski definition) is 10. The summed E-state index contributed by atoms with van der Waals surface area (Å²) in [7, 11) is -2.23. The Morgan fingerprint density at radius 2 is 1.89 bits per heavy atom. The van der Waals surface area contributed by atoms with Gasteiger partial charge in [-0.15, -0.1) is 0 Å². The summed E-state index contributed by atoms with van der Waals surface area (Å²) in [6, 6.07) is 2.52. The van der Waals surface area contributed by atoms with Gasteiger partial charge in [-0.1, -0.05) is 0 Å². The van der Waals surface area contributed by atoms with E-state index in [1.54, 1.807) is 0 Å². The molecule has 2 aliphatic rings. The molecule has 2 unspecified atom stereocenters. The normalized spacial score (nSPS) is 21.2. The predicted molar refractivity (Wildman–Crippen MR) is 127 cm³/mol. The highest BCUT2D eigenvalue weighted by Crippen LogP contribution is 2.37. The summed E-state index contributed by atoms with van der Waals surface area (Å²) in [5.74, 6) is -0.591. The van der Waals surface area contributed by atoms with Crippen LogP contribution in [0.5, 0.6) is 11.6 Å². The molecule has 11 nitrogen and oxygen atoms in total. The number of fused-ring (bicyclic) bond motifs is 2. The number of nitrogens with one attached hydrogen (secondary N) is 1. The van der Waals surface area contributed by atoms with E-state index in [1.165, 1.54) is 30.5 Å². The lowest BCUT2D eigenvalue weighted by Gasteiger charge is -2.47. The zero-order valence-corrected chi connectivity index (χ0v) is 21.4. The van der Waals surface area contributed by atoms with Crippen LogP contribution in [0.3, 0.4) is 0 Å². The Labute approximate surface area is 217 Å². The number of piperidine rings is 1. The van der Waals surface area contributed by atoms with E-state index in [0.29, 0.717) is 12.8 Å². The van der Waals surface area contributed by atoms with Gasteiger partial charge >= 0.3 is 6.09 Å². The number of alkyl halides is 2. The van der Waals surface area contributed by atoms with E-state index in [9.17, 15) is 26.4 Å². The number of ether oxygens (including phenoxy) is 4. The zero-order chi connectivity index (χ0) is 27.4. The van der Waals surface area contributed by atoms with Gasteiger partial charge in [0.25, 0.3) is 5.88 Å². The Morgan fingerprint density at radius 3 is 2.47 bits per heavy atom. The van der Waals surface area contributed by atoms with Crippen molar-refractivity contribution in [3.63, 3.8) is 0 Å². The number of nitrogens with zero attached hydrogens (tertiary/aromatic N) is 3. The number of morpholine rings is 1. The van der Waals surface area contributed by atoms with Crippen molar-refractivity contribution in [2.24, 2.45) is 0 Å². The molecule has 2 atom stereocenters. The van der Waals surface area contributed by atoms with Crippen molar-refractivity contribution >= 4 is 27.4 Å². The first kappa shape index (κ1) is 27.7. The SMILES string of the molecule is COc1c(Nc2ccc(S(C)(=O)=O)cc2F)ncnc1OC1CC2COCC(C1)N2C(=O)OC(CF)CF. The fraction of sp³-hybridized carbons (Fsp3) is 0.522. The number of hydrogen-bond donors (Lipinski definition) is 1. The molecule has 1 aromatic heterocycles. The van der Waals surface area contributed by atoms with Crippen molar-refractivity contribution < 1.29 is 45.3 Å². The number of rotatable bonds is 9. The third-order valence-corrected chi connectivity index (χ3v) is 7.29. The van der Waals surface area contributed by atoms with Crippen molar-refractivity contribution in [1.82, 2.24) is 14.9 Å². The number of sulfone groups is 1. The van der Waals surface area contributed by atoms with E-state index in [1.807, 2.05) is 0 Å². The van der Waals surface area contributed by atoms with Crippen LogP contribution in [0.25, 0.3) is 0 Å². The Hall–Kier alpha value is -3.33. The summed E-state index contributed by atoms with van der Waals surface area (Å²) < 4.78 is 85.7. The smallest absolute Gasteiger partial charge is 0.410 e. The second kappa shape index (κ2) is 11.6. The molecule has 2 fully saturated rings. The summed E-state index contributed by atoms with van der Waals surface area (Å²) in [5.41, 5.74) is -0.0429. The maximum Gasteiger partial charge on any atom is 0.410 e. The van der Waals surface area contributed by atoms with E-state index in [0.717, 1.165) is 12.3 Å². The van der Waals surface area contributed by atoms with Crippen molar-refractivity contribution in [3.05, 3.63) is 30.3 Å². The molecule has 1 N–H and O–H groups in total. The number of carbonyl (C=O) groups is 1. The van der Waals surface area contributed by atoms with Crippen LogP contribution in [-0.2, 0) is 19.3 Å². The van der Waals surface area contributed by atoms with E-state index in [4.69, 9.17) is 18.9 Å². The van der Waals surface area contributed by atoms with Crippen LogP contribution in [0.2, 0.25) is 0 Å². The molecule has 2 aliphatic heterocycles. The average Bonchev–Trinajstić information content (AvgIpc) is 2.87. The fourth-order valence-electron chi connectivity index (χ4n) is 4.40. The molecule has 0 aliphatic carbocycles. The first-order chi connectivity index (χ1) is 18.1. The summed E-state index contributed by atoms with van der Waals surface area (Å²) in [5, 5.41) is 2.76. The third kappa shape index (κ3) is 6.04. The quantitative estimate of drug-likeness (QED) is 0.489. The third-order valence-electron chi connectivity index (χ3n) is 6.18. The number of carbonyl (C=O) groups excluding carboxylic acids is 1. The monoisotopic (exact) mass is 560 g/mol. The van der Waals surface area contributed by atoms with Crippen LogP contribution < -0.4 is 14.8 Å². The molecule has 15 heteroatoms. The molecule has 0 saturated carbocycles. The molecule has 38 heavy (non-hydrogen) atoms. The standard InChI is InChI=1S/C23H27F3N4O7S/c1-34-20-21(29-19-4-3-17(7-18(19)26)38(2,32)33)27-12-28-22(20)36-15-5-13-10-35-11-14(6-15)30(13)23(31)37-16(8-24)9-25/h3-4,7,12-16H,5-6,8-11H2,1-2H3,(H,27,28,29). The van der Waals surface area contributed by atoms with Crippen molar-refractivity contribution in [2.75, 3.05) is 45.2 Å². The number of aromatic nitrogens is 2. The maximum atomic E-state index is 14.6.